The summed E-state index contributed by atoms with van der Waals surface area (Å²) in [4.78, 5) is 11.6. The third-order valence-corrected chi connectivity index (χ3v) is 2.88. The lowest BCUT2D eigenvalue weighted by atomic mass is 9.96. The predicted molar refractivity (Wildman–Crippen MR) is 78.5 cm³/mol. The average molecular weight is 263 g/mol. The first-order valence-electron chi connectivity index (χ1n) is 6.82. The van der Waals surface area contributed by atoms with E-state index in [1.54, 1.807) is 0 Å². The fraction of sp³-hybridized carbons (Fsp3) is 0.562. The van der Waals surface area contributed by atoms with E-state index in [4.69, 9.17) is 4.74 Å². The summed E-state index contributed by atoms with van der Waals surface area (Å²) in [6, 6.07) is 8.10. The van der Waals surface area contributed by atoms with E-state index in [9.17, 15) is 4.79 Å². The molecule has 0 heterocycles. The summed E-state index contributed by atoms with van der Waals surface area (Å²) in [5.41, 5.74) is 0.951. The fourth-order valence-corrected chi connectivity index (χ4v) is 1.55. The van der Waals surface area contributed by atoms with Gasteiger partial charge in [0, 0.05) is 5.41 Å². The van der Waals surface area contributed by atoms with E-state index in [1.165, 1.54) is 5.56 Å². The van der Waals surface area contributed by atoms with Crippen molar-refractivity contribution in [2.75, 3.05) is 13.2 Å². The largest absolute Gasteiger partial charge is 0.492 e. The molecule has 0 radical (unpaired) electrons. The topological polar surface area (TPSA) is 38.3 Å². The van der Waals surface area contributed by atoms with Gasteiger partial charge in [-0.2, -0.15) is 0 Å². The van der Waals surface area contributed by atoms with Crippen molar-refractivity contribution in [2.45, 2.75) is 40.5 Å². The van der Waals surface area contributed by atoms with Gasteiger partial charge in [0.25, 0.3) is 0 Å². The second-order valence-corrected chi connectivity index (χ2v) is 6.08. The van der Waals surface area contributed by atoms with E-state index in [0.717, 1.165) is 5.75 Å². The number of hydrogen-bond donors (Lipinski definition) is 1. The van der Waals surface area contributed by atoms with Gasteiger partial charge in [0.2, 0.25) is 5.91 Å². The smallest absolute Gasteiger partial charge is 0.225 e. The molecule has 0 aliphatic carbocycles. The van der Waals surface area contributed by atoms with Gasteiger partial charge < -0.3 is 10.1 Å². The molecule has 0 aliphatic heterocycles. The van der Waals surface area contributed by atoms with Crippen molar-refractivity contribution < 1.29 is 9.53 Å². The molecule has 3 nitrogen and oxygen atoms in total. The molecule has 1 aromatic carbocycles. The van der Waals surface area contributed by atoms with Crippen LogP contribution in [0.3, 0.4) is 0 Å². The highest BCUT2D eigenvalue weighted by atomic mass is 16.5. The van der Waals surface area contributed by atoms with Crippen molar-refractivity contribution in [1.29, 1.82) is 0 Å². The second-order valence-electron chi connectivity index (χ2n) is 6.08. The van der Waals surface area contributed by atoms with Crippen molar-refractivity contribution in [3.63, 3.8) is 0 Å². The molecule has 106 valence electrons. The van der Waals surface area contributed by atoms with Crippen LogP contribution >= 0.6 is 0 Å². The molecular formula is C16H25NO2. The van der Waals surface area contributed by atoms with Crippen LogP contribution < -0.4 is 10.1 Å². The van der Waals surface area contributed by atoms with Crippen molar-refractivity contribution in [1.82, 2.24) is 5.32 Å². The Morgan fingerprint density at radius 1 is 1.21 bits per heavy atom. The Balaban J connectivity index is 2.32. The minimum absolute atomic E-state index is 0.0475. The van der Waals surface area contributed by atoms with Gasteiger partial charge in [-0.25, -0.2) is 0 Å². The standard InChI is InChI=1S/C16H25NO2/c1-12(2)13-6-8-14(9-7-13)19-11-10-17-15(18)16(3,4)5/h6-9,12H,10-11H2,1-5H3,(H,17,18). The first-order valence-corrected chi connectivity index (χ1v) is 6.82. The molecule has 1 aromatic rings. The first kappa shape index (κ1) is 15.5. The van der Waals surface area contributed by atoms with Crippen LogP contribution in [-0.2, 0) is 4.79 Å². The summed E-state index contributed by atoms with van der Waals surface area (Å²) in [6.07, 6.45) is 0. The van der Waals surface area contributed by atoms with Crippen molar-refractivity contribution in [3.05, 3.63) is 29.8 Å². The van der Waals surface area contributed by atoms with E-state index in [1.807, 2.05) is 32.9 Å². The third kappa shape index (κ3) is 5.33. The highest BCUT2D eigenvalue weighted by Gasteiger charge is 2.20. The number of ether oxygens (including phenoxy) is 1. The molecule has 19 heavy (non-hydrogen) atoms. The molecule has 0 bridgehead atoms. The van der Waals surface area contributed by atoms with Crippen molar-refractivity contribution >= 4 is 5.91 Å². The number of carbonyl (C=O) groups excluding carboxylic acids is 1. The summed E-state index contributed by atoms with van der Waals surface area (Å²) in [5, 5.41) is 2.86. The Labute approximate surface area is 116 Å². The van der Waals surface area contributed by atoms with Crippen LogP contribution in [0.1, 0.15) is 46.1 Å². The quantitative estimate of drug-likeness (QED) is 0.827. The summed E-state index contributed by atoms with van der Waals surface area (Å²) >= 11 is 0. The molecule has 1 amide bonds. The monoisotopic (exact) mass is 263 g/mol. The van der Waals surface area contributed by atoms with E-state index in [2.05, 4.69) is 31.3 Å². The Morgan fingerprint density at radius 2 is 1.79 bits per heavy atom. The van der Waals surface area contributed by atoms with E-state index in [0.29, 0.717) is 19.1 Å². The van der Waals surface area contributed by atoms with Crippen molar-refractivity contribution in [3.8, 4) is 5.75 Å². The normalized spacial score (nSPS) is 11.5. The van der Waals surface area contributed by atoms with Crippen LogP contribution in [0.2, 0.25) is 0 Å². The van der Waals surface area contributed by atoms with Gasteiger partial charge in [0.15, 0.2) is 0 Å². The van der Waals surface area contributed by atoms with E-state index in [-0.39, 0.29) is 11.3 Å². The van der Waals surface area contributed by atoms with Gasteiger partial charge >= 0.3 is 0 Å². The lowest BCUT2D eigenvalue weighted by Crippen LogP contribution is -2.37. The number of benzene rings is 1. The number of rotatable bonds is 5. The summed E-state index contributed by atoms with van der Waals surface area (Å²) in [7, 11) is 0. The first-order chi connectivity index (χ1) is 8.80. The Bertz CT molecular complexity index is 402. The van der Waals surface area contributed by atoms with Gasteiger partial charge in [-0.15, -0.1) is 0 Å². The Morgan fingerprint density at radius 3 is 2.26 bits per heavy atom. The minimum atomic E-state index is -0.348. The van der Waals surface area contributed by atoms with Gasteiger partial charge in [-0.05, 0) is 23.6 Å². The maximum Gasteiger partial charge on any atom is 0.225 e. The van der Waals surface area contributed by atoms with Gasteiger partial charge in [0.1, 0.15) is 12.4 Å². The fourth-order valence-electron chi connectivity index (χ4n) is 1.55. The molecular weight excluding hydrogens is 238 g/mol. The van der Waals surface area contributed by atoms with E-state index < -0.39 is 0 Å². The van der Waals surface area contributed by atoms with Crippen LogP contribution in [0.4, 0.5) is 0 Å². The van der Waals surface area contributed by atoms with Crippen LogP contribution in [-0.4, -0.2) is 19.1 Å². The zero-order valence-corrected chi connectivity index (χ0v) is 12.6. The van der Waals surface area contributed by atoms with Gasteiger partial charge in [-0.3, -0.25) is 4.79 Å². The maximum atomic E-state index is 11.6. The van der Waals surface area contributed by atoms with Crippen LogP contribution in [0.15, 0.2) is 24.3 Å². The molecule has 0 aromatic heterocycles. The molecule has 0 aliphatic rings. The summed E-state index contributed by atoms with van der Waals surface area (Å²) in [5.74, 6) is 1.42. The number of amides is 1. The number of nitrogens with one attached hydrogen (secondary N) is 1. The molecule has 1 rings (SSSR count). The second kappa shape index (κ2) is 6.60. The lowest BCUT2D eigenvalue weighted by molar-refractivity contribution is -0.128. The van der Waals surface area contributed by atoms with Crippen LogP contribution in [0.25, 0.3) is 0 Å². The lowest BCUT2D eigenvalue weighted by Gasteiger charge is -2.17. The minimum Gasteiger partial charge on any atom is -0.492 e. The van der Waals surface area contributed by atoms with E-state index >= 15 is 0 Å². The number of hydrogen-bond acceptors (Lipinski definition) is 2. The predicted octanol–water partition coefficient (Wildman–Crippen LogP) is 3.35. The highest BCUT2D eigenvalue weighted by Crippen LogP contribution is 2.18. The molecule has 0 spiro atoms. The van der Waals surface area contributed by atoms with Gasteiger partial charge in [0.05, 0.1) is 6.54 Å². The molecule has 3 heteroatoms. The molecule has 0 saturated heterocycles. The zero-order valence-electron chi connectivity index (χ0n) is 12.6. The summed E-state index contributed by atoms with van der Waals surface area (Å²) in [6.45, 7) is 11.0. The average Bonchev–Trinajstić information content (AvgIpc) is 2.33. The maximum absolute atomic E-state index is 11.6. The molecule has 1 N–H and O–H groups in total. The summed E-state index contributed by atoms with van der Waals surface area (Å²) < 4.78 is 5.59. The molecule has 0 unspecified atom stereocenters. The molecule has 0 atom stereocenters. The molecule has 0 saturated carbocycles. The SMILES string of the molecule is CC(C)c1ccc(OCCNC(=O)C(C)(C)C)cc1. The zero-order chi connectivity index (χ0) is 14.5. The third-order valence-electron chi connectivity index (χ3n) is 2.88. The Hall–Kier alpha value is -1.51. The molecule has 0 fully saturated rings. The van der Waals surface area contributed by atoms with Crippen LogP contribution in [0.5, 0.6) is 5.75 Å². The Kier molecular flexibility index (Phi) is 5.40. The van der Waals surface area contributed by atoms with Crippen molar-refractivity contribution in [2.24, 2.45) is 5.41 Å². The number of carbonyl (C=O) groups is 1. The van der Waals surface area contributed by atoms with Gasteiger partial charge in [-0.1, -0.05) is 46.8 Å². The van der Waals surface area contributed by atoms with Crippen LogP contribution in [0, 0.1) is 5.41 Å². The highest BCUT2D eigenvalue weighted by molar-refractivity contribution is 5.81.